The number of unbranched alkanes of at least 4 members (excludes halogenated alkanes) is 17. The second kappa shape index (κ2) is 52.8. The third kappa shape index (κ3) is 53.2. The van der Waals surface area contributed by atoms with Crippen molar-refractivity contribution in [3.8, 4) is 0 Å². The fourth-order valence-corrected chi connectivity index (χ4v) is 8.34. The first-order valence-corrected chi connectivity index (χ1v) is 30.9. The number of carbonyl (C=O) groups is 2. The highest BCUT2D eigenvalue weighted by Gasteiger charge is 2.30. The first-order chi connectivity index (χ1) is 35.9. The highest BCUT2D eigenvalue weighted by molar-refractivity contribution is 7.47. The second-order valence-corrected chi connectivity index (χ2v) is 21.9. The number of likely N-dealkylation sites (N-methyl/N-ethyl adjacent to an activating group) is 1. The Morgan fingerprint density at radius 3 is 1.35 bits per heavy atom. The summed E-state index contributed by atoms with van der Waals surface area (Å²) in [4.78, 5) is 37.6. The van der Waals surface area contributed by atoms with E-state index in [4.69, 9.17) is 13.8 Å². The average Bonchev–Trinajstić information content (AvgIpc) is 3.36. The Morgan fingerprint density at radius 2 is 0.878 bits per heavy atom. The van der Waals surface area contributed by atoms with Crippen LogP contribution >= 0.6 is 7.82 Å². The van der Waals surface area contributed by atoms with Crippen LogP contribution in [0.5, 0.6) is 0 Å². The highest BCUT2D eigenvalue weighted by atomic mass is 31.2. The zero-order valence-electron chi connectivity index (χ0n) is 48.0. The summed E-state index contributed by atoms with van der Waals surface area (Å²) >= 11 is 0. The molecule has 0 aromatic carbocycles. The van der Waals surface area contributed by atoms with Crippen molar-refractivity contribution in [1.29, 1.82) is 0 Å². The lowest BCUT2D eigenvalue weighted by Gasteiger charge is -2.27. The van der Waals surface area contributed by atoms with Gasteiger partial charge in [-0.1, -0.05) is 213 Å². The largest absolute Gasteiger partial charge is 0.472 e. The summed E-state index contributed by atoms with van der Waals surface area (Å²) in [6.07, 6.45) is 73.5. The molecule has 0 fully saturated rings. The quantitative estimate of drug-likeness (QED) is 0.0205. The fourth-order valence-electron chi connectivity index (χ4n) is 7.60. The monoisotopic (exact) mass is 1050 g/mol. The molecule has 0 bridgehead atoms. The number of phosphoric acid groups is 1. The average molecular weight is 1050 g/mol. The van der Waals surface area contributed by atoms with Crippen molar-refractivity contribution in [2.45, 2.75) is 232 Å². The number of hydrogen-bond acceptors (Lipinski definition) is 6. The maximum Gasteiger partial charge on any atom is 0.472 e. The van der Waals surface area contributed by atoms with Crippen LogP contribution in [0.15, 0.2) is 122 Å². The number of hydrogen-bond donors (Lipinski definition) is 2. The molecule has 0 aromatic rings. The third-order valence-electron chi connectivity index (χ3n) is 12.1. The Bertz CT molecular complexity index is 1680. The summed E-state index contributed by atoms with van der Waals surface area (Å²) in [5.74, 6) is -0.619. The minimum absolute atomic E-state index is 0.0176. The standard InChI is InChI=1S/C64H109N2O7P/c1-7-10-13-16-19-22-25-28-30-32-33-35-37-39-42-45-48-51-54-57-64(68)73-62(55-52-49-46-43-40-27-24-21-18-15-12-9-3)61(60-72-74(69,70)71-59-58-66(4,5)6)65-63(67)56-53-50-47-44-41-38-36-34-31-29-26-23-20-17-14-11-8-2/h11,14,19-20,22-23,28-31,33,35-36,38-39,42,44,47,52,55,61-62H,7-10,12-13,15-18,21,24-27,32,34,37,40-41,43,45-46,48-51,53-54,56-60H2,1-6H3,(H-,65,67,69,70)/p+1/b14-11-,22-19-,23-20-,30-28-,31-29-,35-33-,38-36-,42-39-,47-44-,55-52+. The summed E-state index contributed by atoms with van der Waals surface area (Å²) in [6.45, 7) is 6.77. The van der Waals surface area contributed by atoms with Gasteiger partial charge in [-0.3, -0.25) is 18.6 Å². The van der Waals surface area contributed by atoms with E-state index in [1.807, 2.05) is 33.3 Å². The van der Waals surface area contributed by atoms with Gasteiger partial charge in [0.2, 0.25) is 5.91 Å². The maximum absolute atomic E-state index is 13.5. The summed E-state index contributed by atoms with van der Waals surface area (Å²) < 4.78 is 30.6. The van der Waals surface area contributed by atoms with Gasteiger partial charge in [0.15, 0.2) is 0 Å². The molecule has 3 unspecified atom stereocenters. The molecule has 1 amide bonds. The molecular weight excluding hydrogens is 940 g/mol. The third-order valence-corrected chi connectivity index (χ3v) is 13.1. The van der Waals surface area contributed by atoms with Crippen LogP contribution in [0.25, 0.3) is 0 Å². The number of ether oxygens (including phenoxy) is 1. The lowest BCUT2D eigenvalue weighted by molar-refractivity contribution is -0.870. The van der Waals surface area contributed by atoms with Crippen LogP contribution in [0.2, 0.25) is 0 Å². The number of quaternary nitrogens is 1. The number of nitrogens with zero attached hydrogens (tertiary/aromatic N) is 1. The van der Waals surface area contributed by atoms with Crippen molar-refractivity contribution in [3.05, 3.63) is 122 Å². The number of esters is 1. The van der Waals surface area contributed by atoms with Crippen molar-refractivity contribution in [2.24, 2.45) is 0 Å². The molecule has 0 spiro atoms. The highest BCUT2D eigenvalue weighted by Crippen LogP contribution is 2.43. The predicted octanol–water partition coefficient (Wildman–Crippen LogP) is 17.9. The van der Waals surface area contributed by atoms with Gasteiger partial charge in [-0.05, 0) is 115 Å². The number of rotatable bonds is 51. The van der Waals surface area contributed by atoms with E-state index in [-0.39, 0.29) is 37.9 Å². The zero-order chi connectivity index (χ0) is 54.3. The van der Waals surface area contributed by atoms with Crippen molar-refractivity contribution in [2.75, 3.05) is 40.9 Å². The van der Waals surface area contributed by atoms with Gasteiger partial charge in [-0.2, -0.15) is 0 Å². The van der Waals surface area contributed by atoms with E-state index in [2.05, 4.69) is 135 Å². The maximum atomic E-state index is 13.5. The molecule has 0 aliphatic heterocycles. The van der Waals surface area contributed by atoms with Gasteiger partial charge in [-0.15, -0.1) is 0 Å². The van der Waals surface area contributed by atoms with Gasteiger partial charge in [0.1, 0.15) is 19.3 Å². The van der Waals surface area contributed by atoms with E-state index in [9.17, 15) is 19.0 Å². The molecule has 422 valence electrons. The van der Waals surface area contributed by atoms with E-state index in [1.165, 1.54) is 77.0 Å². The van der Waals surface area contributed by atoms with Gasteiger partial charge in [0.25, 0.3) is 0 Å². The molecule has 0 rings (SSSR count). The Balaban J connectivity index is 5.49. The molecule has 0 heterocycles. The molecule has 0 saturated carbocycles. The molecule has 2 N–H and O–H groups in total. The lowest BCUT2D eigenvalue weighted by Crippen LogP contribution is -2.47. The molecule has 0 aliphatic carbocycles. The van der Waals surface area contributed by atoms with E-state index in [0.717, 1.165) is 96.3 Å². The van der Waals surface area contributed by atoms with Crippen molar-refractivity contribution < 1.29 is 37.3 Å². The van der Waals surface area contributed by atoms with E-state index >= 15 is 0 Å². The number of nitrogens with one attached hydrogen (secondary N) is 1. The summed E-state index contributed by atoms with van der Waals surface area (Å²) in [6, 6.07) is -0.899. The summed E-state index contributed by atoms with van der Waals surface area (Å²) in [5, 5.41) is 3.00. The van der Waals surface area contributed by atoms with Crippen LogP contribution in [-0.4, -0.2) is 74.3 Å². The number of amides is 1. The Morgan fingerprint density at radius 1 is 0.486 bits per heavy atom. The van der Waals surface area contributed by atoms with Crippen LogP contribution in [0, 0.1) is 0 Å². The van der Waals surface area contributed by atoms with Crippen LogP contribution in [0.3, 0.4) is 0 Å². The first kappa shape index (κ1) is 70.4. The van der Waals surface area contributed by atoms with Crippen molar-refractivity contribution in [1.82, 2.24) is 5.32 Å². The van der Waals surface area contributed by atoms with Gasteiger partial charge in [0.05, 0.1) is 33.8 Å². The Labute approximate surface area is 454 Å². The van der Waals surface area contributed by atoms with Gasteiger partial charge >= 0.3 is 13.8 Å². The fraction of sp³-hybridized carbons (Fsp3) is 0.656. The lowest BCUT2D eigenvalue weighted by atomic mass is 10.1. The molecule has 3 atom stereocenters. The van der Waals surface area contributed by atoms with Crippen molar-refractivity contribution >= 4 is 19.7 Å². The molecule has 74 heavy (non-hydrogen) atoms. The molecule has 0 aromatic heterocycles. The number of phosphoric ester groups is 1. The van der Waals surface area contributed by atoms with Crippen LogP contribution in [-0.2, 0) is 27.9 Å². The van der Waals surface area contributed by atoms with Crippen LogP contribution in [0.1, 0.15) is 220 Å². The van der Waals surface area contributed by atoms with E-state index in [1.54, 1.807) is 0 Å². The first-order valence-electron chi connectivity index (χ1n) is 29.4. The van der Waals surface area contributed by atoms with Gasteiger partial charge in [-0.25, -0.2) is 4.57 Å². The minimum atomic E-state index is -4.48. The summed E-state index contributed by atoms with van der Waals surface area (Å²) in [7, 11) is 1.42. The van der Waals surface area contributed by atoms with Crippen molar-refractivity contribution in [3.63, 3.8) is 0 Å². The van der Waals surface area contributed by atoms with Crippen LogP contribution < -0.4 is 5.32 Å². The molecule has 0 radical (unpaired) electrons. The van der Waals surface area contributed by atoms with Gasteiger partial charge < -0.3 is 19.4 Å². The molecule has 0 saturated heterocycles. The predicted molar refractivity (Wildman–Crippen MR) is 318 cm³/mol. The SMILES string of the molecule is CC/C=C\C/C=C\C/C=C\C/C=C\C/C=C\CCCC(=O)NC(COP(=O)(O)OCC[N+](C)(C)C)C(/C=C/CCCCCCCCCCCC)OC(=O)CCCCC/C=C\C/C=C\C/C=C\C/C=C\CCCCC. The summed E-state index contributed by atoms with van der Waals surface area (Å²) in [5.41, 5.74) is 0. The zero-order valence-corrected chi connectivity index (χ0v) is 48.9. The molecular formula is C64H110N2O7P+. The Hall–Kier alpha value is -3.59. The minimum Gasteiger partial charge on any atom is -0.456 e. The van der Waals surface area contributed by atoms with E-state index < -0.39 is 20.0 Å². The Kier molecular flexibility index (Phi) is 50.3. The van der Waals surface area contributed by atoms with Crippen LogP contribution in [0.4, 0.5) is 0 Å². The topological polar surface area (TPSA) is 111 Å². The molecule has 0 aliphatic rings. The smallest absolute Gasteiger partial charge is 0.456 e. The number of allylic oxidation sites excluding steroid dienone is 19. The second-order valence-electron chi connectivity index (χ2n) is 20.4. The molecule has 9 nitrogen and oxygen atoms in total. The van der Waals surface area contributed by atoms with E-state index in [0.29, 0.717) is 23.9 Å². The van der Waals surface area contributed by atoms with Gasteiger partial charge in [0, 0.05) is 12.8 Å². The number of carbonyl (C=O) groups excluding carboxylic acids is 2. The normalized spacial score (nSPS) is 14.6. The molecule has 10 heteroatoms.